The first-order valence-corrected chi connectivity index (χ1v) is 23.6. The quantitative estimate of drug-likeness (QED) is 0.166. The second kappa shape index (κ2) is 14.0. The van der Waals surface area contributed by atoms with Gasteiger partial charge in [0.2, 0.25) is 0 Å². The van der Waals surface area contributed by atoms with Crippen molar-refractivity contribution in [2.45, 2.75) is 24.9 Å². The lowest BCUT2D eigenvalue weighted by Gasteiger charge is -2.38. The second-order valence-corrected chi connectivity index (χ2v) is 20.0. The minimum atomic E-state index is -0.991. The van der Waals surface area contributed by atoms with Crippen molar-refractivity contribution < 1.29 is 4.74 Å². The molecule has 1 aliphatic heterocycles. The summed E-state index contributed by atoms with van der Waals surface area (Å²) in [6, 6.07) is 62.9. The van der Waals surface area contributed by atoms with Gasteiger partial charge < -0.3 is 4.74 Å². The molecule has 3 nitrogen and oxygen atoms in total. The standard InChI is InChI=1S/C60H38O3S2/c1-59(2)49-16-8-5-13-43(49)54-41-11-3-4-12-42(41)58-46(55(54)59)31-32-60(63-58,39-25-19-35(20-26-39)37-23-29-52-47(33-37)56(61)44-14-6-9-17-50(44)64-52)40-27-21-36(22-28-40)38-24-30-53-48(34-38)57(62)45-15-7-10-18-51(45)65-53/h3-34H,1-2H3. The van der Waals surface area contributed by atoms with Gasteiger partial charge in [-0.15, -0.1) is 22.7 Å². The maximum Gasteiger partial charge on any atom is 0.195 e. The van der Waals surface area contributed by atoms with Crippen molar-refractivity contribution in [3.05, 3.63) is 236 Å². The number of hydrogen-bond acceptors (Lipinski definition) is 5. The van der Waals surface area contributed by atoms with E-state index in [1.165, 1.54) is 27.6 Å². The average Bonchev–Trinajstić information content (AvgIpc) is 3.60. The van der Waals surface area contributed by atoms with Crippen LogP contribution in [0.25, 0.3) is 90.6 Å². The molecule has 9 aromatic carbocycles. The molecule has 0 amide bonds. The van der Waals surface area contributed by atoms with E-state index in [-0.39, 0.29) is 16.3 Å². The van der Waals surface area contributed by atoms with Crippen LogP contribution in [-0.4, -0.2) is 0 Å². The summed E-state index contributed by atoms with van der Waals surface area (Å²) >= 11 is 3.30. The lowest BCUT2D eigenvalue weighted by molar-refractivity contribution is 0.163. The summed E-state index contributed by atoms with van der Waals surface area (Å²) in [7, 11) is 0. The van der Waals surface area contributed by atoms with Crippen LogP contribution in [0.1, 0.15) is 41.7 Å². The van der Waals surface area contributed by atoms with Crippen LogP contribution >= 0.6 is 22.7 Å². The maximum absolute atomic E-state index is 13.7. The topological polar surface area (TPSA) is 43.4 Å². The van der Waals surface area contributed by atoms with E-state index >= 15 is 0 Å². The fraction of sp³-hybridized carbons (Fsp3) is 0.0667. The van der Waals surface area contributed by atoms with E-state index in [2.05, 4.69) is 147 Å². The molecule has 3 heterocycles. The zero-order valence-electron chi connectivity index (χ0n) is 35.5. The van der Waals surface area contributed by atoms with Crippen molar-refractivity contribution in [1.82, 2.24) is 0 Å². The summed E-state index contributed by atoms with van der Waals surface area (Å²) in [6.07, 6.45) is 4.54. The van der Waals surface area contributed by atoms with E-state index in [9.17, 15) is 9.59 Å². The molecule has 0 fully saturated rings. The molecule has 5 heteroatoms. The van der Waals surface area contributed by atoms with Gasteiger partial charge >= 0.3 is 0 Å². The van der Waals surface area contributed by atoms with E-state index in [4.69, 9.17) is 4.74 Å². The van der Waals surface area contributed by atoms with Crippen LogP contribution in [0, 0.1) is 0 Å². The summed E-state index contributed by atoms with van der Waals surface area (Å²) in [5.41, 5.74) is 11.1. The second-order valence-electron chi connectivity index (χ2n) is 17.8. The highest BCUT2D eigenvalue weighted by Crippen LogP contribution is 2.58. The van der Waals surface area contributed by atoms with Gasteiger partial charge in [-0.05, 0) is 105 Å². The molecule has 0 spiro atoms. The molecule has 1 aliphatic carbocycles. The Morgan fingerprint density at radius 1 is 0.446 bits per heavy atom. The third kappa shape index (κ3) is 5.59. The number of ether oxygens (including phenoxy) is 1. The minimum absolute atomic E-state index is 0.0609. The molecule has 0 radical (unpaired) electrons. The normalized spacial score (nSPS) is 14.4. The smallest absolute Gasteiger partial charge is 0.195 e. The van der Waals surface area contributed by atoms with Crippen molar-refractivity contribution in [3.63, 3.8) is 0 Å². The van der Waals surface area contributed by atoms with E-state index in [0.717, 1.165) is 90.4 Å². The average molecular weight is 871 g/mol. The first kappa shape index (κ1) is 38.1. The van der Waals surface area contributed by atoms with Gasteiger partial charge in [0.1, 0.15) is 5.75 Å². The Kier molecular flexibility index (Phi) is 8.21. The van der Waals surface area contributed by atoms with E-state index in [1.807, 2.05) is 60.7 Å². The predicted octanol–water partition coefficient (Wildman–Crippen LogP) is 15.3. The Morgan fingerprint density at radius 2 is 0.908 bits per heavy atom. The molecular weight excluding hydrogens is 833 g/mol. The molecular formula is C60H38O3S2. The molecule has 2 aliphatic rings. The van der Waals surface area contributed by atoms with Gasteiger partial charge in [-0.2, -0.15) is 0 Å². The van der Waals surface area contributed by atoms with Gasteiger partial charge in [-0.1, -0.05) is 153 Å². The minimum Gasteiger partial charge on any atom is -0.472 e. The number of rotatable bonds is 4. The van der Waals surface area contributed by atoms with Gasteiger partial charge in [0.05, 0.1) is 0 Å². The predicted molar refractivity (Wildman–Crippen MR) is 274 cm³/mol. The summed E-state index contributed by atoms with van der Waals surface area (Å²) in [4.78, 5) is 27.4. The Morgan fingerprint density at radius 3 is 1.48 bits per heavy atom. The van der Waals surface area contributed by atoms with Crippen molar-refractivity contribution in [3.8, 4) is 39.1 Å². The maximum atomic E-state index is 13.7. The zero-order chi connectivity index (χ0) is 43.6. The van der Waals surface area contributed by atoms with Gasteiger partial charge in [-0.25, -0.2) is 0 Å². The zero-order valence-corrected chi connectivity index (χ0v) is 37.1. The monoisotopic (exact) mass is 870 g/mol. The summed E-state index contributed by atoms with van der Waals surface area (Å²) in [5, 5.41) is 5.23. The Bertz CT molecular complexity index is 3810. The summed E-state index contributed by atoms with van der Waals surface area (Å²) in [5.74, 6) is 0.868. The van der Waals surface area contributed by atoms with Crippen molar-refractivity contribution >= 4 is 79.9 Å². The lowest BCUT2D eigenvalue weighted by Crippen LogP contribution is -2.35. The van der Waals surface area contributed by atoms with Gasteiger partial charge in [0, 0.05) is 67.8 Å². The van der Waals surface area contributed by atoms with Gasteiger partial charge in [0.25, 0.3) is 0 Å². The molecule has 2 aromatic heterocycles. The molecule has 11 aromatic rings. The molecule has 65 heavy (non-hydrogen) atoms. The van der Waals surface area contributed by atoms with Crippen LogP contribution in [-0.2, 0) is 11.0 Å². The Hall–Kier alpha value is -7.44. The third-order valence-electron chi connectivity index (χ3n) is 13.9. The summed E-state index contributed by atoms with van der Waals surface area (Å²) in [6.45, 7) is 4.66. The van der Waals surface area contributed by atoms with Crippen molar-refractivity contribution in [1.29, 1.82) is 0 Å². The van der Waals surface area contributed by atoms with Crippen molar-refractivity contribution in [2.75, 3.05) is 0 Å². The van der Waals surface area contributed by atoms with E-state index < -0.39 is 5.60 Å². The van der Waals surface area contributed by atoms with E-state index in [0.29, 0.717) is 0 Å². The Labute approximate surface area is 382 Å². The molecule has 0 unspecified atom stereocenters. The van der Waals surface area contributed by atoms with Crippen molar-refractivity contribution in [2.24, 2.45) is 0 Å². The van der Waals surface area contributed by atoms with Gasteiger partial charge in [-0.3, -0.25) is 9.59 Å². The number of hydrogen-bond donors (Lipinski definition) is 0. The van der Waals surface area contributed by atoms with Crippen LogP contribution < -0.4 is 15.6 Å². The molecule has 308 valence electrons. The highest BCUT2D eigenvalue weighted by molar-refractivity contribution is 7.25. The fourth-order valence-electron chi connectivity index (χ4n) is 10.7. The third-order valence-corrected chi connectivity index (χ3v) is 16.2. The van der Waals surface area contributed by atoms with E-state index in [1.54, 1.807) is 22.7 Å². The highest BCUT2D eigenvalue weighted by Gasteiger charge is 2.44. The summed E-state index contributed by atoms with van der Waals surface area (Å²) < 4.78 is 11.6. The van der Waals surface area contributed by atoms with Crippen LogP contribution in [0.2, 0.25) is 0 Å². The fourth-order valence-corrected chi connectivity index (χ4v) is 12.8. The largest absolute Gasteiger partial charge is 0.472 e. The Balaban J connectivity index is 0.969. The lowest BCUT2D eigenvalue weighted by atomic mass is 9.76. The molecule has 0 atom stereocenters. The van der Waals surface area contributed by atoms with Crippen LogP contribution in [0.4, 0.5) is 0 Å². The first-order valence-electron chi connectivity index (χ1n) is 22.0. The van der Waals surface area contributed by atoms with Crippen LogP contribution in [0.5, 0.6) is 5.75 Å². The molecule has 13 rings (SSSR count). The molecule has 0 saturated heterocycles. The molecule has 0 saturated carbocycles. The van der Waals surface area contributed by atoms with Crippen LogP contribution in [0.15, 0.2) is 198 Å². The molecule has 0 bridgehead atoms. The highest BCUT2D eigenvalue weighted by atomic mass is 32.1. The SMILES string of the molecule is CC1(C)c2ccccc2-c2c1c1c(c3ccccc23)OC(c2ccc(-c3ccc4sc5ccccc5c(=O)c4c3)cc2)(c2ccc(-c3ccc4sc5ccccc5c(=O)c4c3)cc2)C=C1. The number of benzene rings is 9. The molecule has 0 N–H and O–H groups in total. The van der Waals surface area contributed by atoms with Crippen LogP contribution in [0.3, 0.4) is 0 Å². The number of fused-ring (bicyclic) bond motifs is 12. The first-order chi connectivity index (χ1) is 31.8. The van der Waals surface area contributed by atoms with Gasteiger partial charge in [0.15, 0.2) is 16.5 Å².